The largest absolute Gasteiger partial charge is 0.465 e. The second-order valence-corrected chi connectivity index (χ2v) is 7.14. The fraction of sp³-hybridized carbons (Fsp3) is 0.500. The van der Waals surface area contributed by atoms with Gasteiger partial charge in [-0.05, 0) is 24.1 Å². The van der Waals surface area contributed by atoms with Crippen LogP contribution in [0.15, 0.2) is 18.2 Å². The quantitative estimate of drug-likeness (QED) is 0.683. The van der Waals surface area contributed by atoms with E-state index < -0.39 is 23.7 Å². The molecule has 148 valence electrons. The van der Waals surface area contributed by atoms with E-state index in [1.165, 1.54) is 12.1 Å². The van der Waals surface area contributed by atoms with Gasteiger partial charge in [0.15, 0.2) is 0 Å². The number of benzene rings is 1. The van der Waals surface area contributed by atoms with Crippen LogP contribution in [0.25, 0.3) is 0 Å². The number of nitrogens with one attached hydrogen (secondary N) is 2. The van der Waals surface area contributed by atoms with Gasteiger partial charge in [-0.3, -0.25) is 19.3 Å². The molecule has 0 radical (unpaired) electrons. The lowest BCUT2D eigenvalue weighted by Crippen LogP contribution is -2.57. The van der Waals surface area contributed by atoms with Crippen LogP contribution in [0.1, 0.15) is 20.3 Å². The third-order valence-corrected chi connectivity index (χ3v) is 4.22. The first-order chi connectivity index (χ1) is 12.8. The summed E-state index contributed by atoms with van der Waals surface area (Å²) < 4.78 is 18.3. The minimum Gasteiger partial charge on any atom is -0.465 e. The van der Waals surface area contributed by atoms with Gasteiger partial charge in [-0.25, -0.2) is 4.39 Å². The highest BCUT2D eigenvalue weighted by molar-refractivity contribution is 6.31. The van der Waals surface area contributed by atoms with Crippen LogP contribution < -0.4 is 10.6 Å². The fourth-order valence-corrected chi connectivity index (χ4v) is 2.79. The number of rotatable bonds is 7. The van der Waals surface area contributed by atoms with E-state index >= 15 is 0 Å². The Morgan fingerprint density at radius 1 is 1.44 bits per heavy atom. The topological polar surface area (TPSA) is 87.7 Å². The summed E-state index contributed by atoms with van der Waals surface area (Å²) in [5, 5.41) is 5.20. The Kier molecular flexibility index (Phi) is 7.55. The number of piperazine rings is 1. The number of anilines is 1. The van der Waals surface area contributed by atoms with E-state index in [1.54, 1.807) is 4.90 Å². The molecule has 7 nitrogen and oxygen atoms in total. The van der Waals surface area contributed by atoms with Crippen molar-refractivity contribution in [3.63, 3.8) is 0 Å². The van der Waals surface area contributed by atoms with Crippen LogP contribution in [-0.4, -0.2) is 55.0 Å². The van der Waals surface area contributed by atoms with Crippen LogP contribution in [0.4, 0.5) is 10.1 Å². The lowest BCUT2D eigenvalue weighted by atomic mass is 10.1. The molecule has 1 saturated heterocycles. The molecule has 27 heavy (non-hydrogen) atoms. The van der Waals surface area contributed by atoms with Gasteiger partial charge in [0.05, 0.1) is 24.6 Å². The van der Waals surface area contributed by atoms with Crippen molar-refractivity contribution in [2.75, 3.05) is 31.6 Å². The number of ether oxygens (including phenoxy) is 1. The molecule has 0 aliphatic carbocycles. The fourth-order valence-electron chi connectivity index (χ4n) is 2.61. The molecule has 0 spiro atoms. The highest BCUT2D eigenvalue weighted by Gasteiger charge is 2.33. The molecule has 1 aliphatic heterocycles. The molecule has 0 aromatic heterocycles. The summed E-state index contributed by atoms with van der Waals surface area (Å²) >= 11 is 5.70. The number of carbonyl (C=O) groups excluding carboxylic acids is 3. The van der Waals surface area contributed by atoms with Gasteiger partial charge in [-0.2, -0.15) is 0 Å². The second-order valence-electron chi connectivity index (χ2n) is 6.74. The first kappa shape index (κ1) is 21.1. The van der Waals surface area contributed by atoms with Crippen molar-refractivity contribution in [3.05, 3.63) is 29.0 Å². The SMILES string of the molecule is CC(C)COC(=O)CC1C(=O)NCCN1CC(=O)Nc1ccc(F)c(Cl)c1. The van der Waals surface area contributed by atoms with Gasteiger partial charge in [-0.1, -0.05) is 25.4 Å². The van der Waals surface area contributed by atoms with Gasteiger partial charge >= 0.3 is 5.97 Å². The first-order valence-electron chi connectivity index (χ1n) is 8.68. The second kappa shape index (κ2) is 9.66. The molecule has 1 fully saturated rings. The Morgan fingerprint density at radius 2 is 2.19 bits per heavy atom. The zero-order chi connectivity index (χ0) is 20.0. The van der Waals surface area contributed by atoms with Crippen molar-refractivity contribution in [3.8, 4) is 0 Å². The number of halogens is 2. The van der Waals surface area contributed by atoms with Crippen molar-refractivity contribution in [1.82, 2.24) is 10.2 Å². The maximum atomic E-state index is 13.2. The maximum absolute atomic E-state index is 13.2. The molecule has 1 aliphatic rings. The van der Waals surface area contributed by atoms with Crippen molar-refractivity contribution in [1.29, 1.82) is 0 Å². The van der Waals surface area contributed by atoms with E-state index in [2.05, 4.69) is 10.6 Å². The van der Waals surface area contributed by atoms with E-state index in [0.717, 1.165) is 6.07 Å². The minimum absolute atomic E-state index is 0.0927. The van der Waals surface area contributed by atoms with Gasteiger partial charge in [0.25, 0.3) is 0 Å². The van der Waals surface area contributed by atoms with Crippen molar-refractivity contribution < 1.29 is 23.5 Å². The zero-order valence-corrected chi connectivity index (χ0v) is 16.0. The summed E-state index contributed by atoms with van der Waals surface area (Å²) in [7, 11) is 0. The Labute approximate surface area is 162 Å². The van der Waals surface area contributed by atoms with E-state index in [4.69, 9.17) is 16.3 Å². The molecule has 0 saturated carbocycles. The van der Waals surface area contributed by atoms with Crippen molar-refractivity contribution >= 4 is 35.1 Å². The molecular formula is C18H23ClFN3O4. The van der Waals surface area contributed by atoms with Crippen LogP contribution in [0.2, 0.25) is 5.02 Å². The Bertz CT molecular complexity index is 714. The molecule has 9 heteroatoms. The van der Waals surface area contributed by atoms with E-state index in [9.17, 15) is 18.8 Å². The van der Waals surface area contributed by atoms with Gasteiger partial charge in [0, 0.05) is 18.8 Å². The Balaban J connectivity index is 1.96. The van der Waals surface area contributed by atoms with Crippen LogP contribution >= 0.6 is 11.6 Å². The third-order valence-electron chi connectivity index (χ3n) is 3.93. The summed E-state index contributed by atoms with van der Waals surface area (Å²) in [4.78, 5) is 38.0. The number of hydrogen-bond acceptors (Lipinski definition) is 5. The number of hydrogen-bond donors (Lipinski definition) is 2. The van der Waals surface area contributed by atoms with Gasteiger partial charge in [0.1, 0.15) is 11.9 Å². The monoisotopic (exact) mass is 399 g/mol. The normalized spacial score (nSPS) is 17.5. The first-order valence-corrected chi connectivity index (χ1v) is 9.06. The Hall–Kier alpha value is -2.19. The lowest BCUT2D eigenvalue weighted by Gasteiger charge is -2.33. The molecule has 1 aromatic carbocycles. The summed E-state index contributed by atoms with van der Waals surface area (Å²) in [6, 6.07) is 3.07. The van der Waals surface area contributed by atoms with E-state index in [1.807, 2.05) is 13.8 Å². The van der Waals surface area contributed by atoms with E-state index in [-0.39, 0.29) is 36.4 Å². The van der Waals surface area contributed by atoms with Crippen LogP contribution in [0.5, 0.6) is 0 Å². The third kappa shape index (κ3) is 6.48. The van der Waals surface area contributed by atoms with Gasteiger partial charge in [-0.15, -0.1) is 0 Å². The summed E-state index contributed by atoms with van der Waals surface area (Å²) in [6.45, 7) is 4.82. The highest BCUT2D eigenvalue weighted by Crippen LogP contribution is 2.19. The number of carbonyl (C=O) groups is 3. The average Bonchev–Trinajstić information content (AvgIpc) is 2.59. The van der Waals surface area contributed by atoms with Crippen LogP contribution in [-0.2, 0) is 19.1 Å². The van der Waals surface area contributed by atoms with Gasteiger partial charge < -0.3 is 15.4 Å². The molecule has 2 N–H and O–H groups in total. The molecule has 0 bridgehead atoms. The smallest absolute Gasteiger partial charge is 0.307 e. The predicted molar refractivity (Wildman–Crippen MR) is 98.8 cm³/mol. The van der Waals surface area contributed by atoms with Crippen molar-refractivity contribution in [2.45, 2.75) is 26.3 Å². The predicted octanol–water partition coefficient (Wildman–Crippen LogP) is 1.81. The summed E-state index contributed by atoms with van der Waals surface area (Å²) in [5.74, 6) is -1.59. The number of amides is 2. The molecule has 1 unspecified atom stereocenters. The standard InChI is InChI=1S/C18H23ClFN3O4/c1-11(2)10-27-17(25)8-15-18(26)21-5-6-23(15)9-16(24)22-12-3-4-14(20)13(19)7-12/h3-4,7,11,15H,5-6,8-10H2,1-2H3,(H,21,26)(H,22,24). The zero-order valence-electron chi connectivity index (χ0n) is 15.3. The van der Waals surface area contributed by atoms with Crippen LogP contribution in [0, 0.1) is 11.7 Å². The molecule has 2 amide bonds. The lowest BCUT2D eigenvalue weighted by molar-refractivity contribution is -0.149. The van der Waals surface area contributed by atoms with Crippen molar-refractivity contribution in [2.24, 2.45) is 5.92 Å². The highest BCUT2D eigenvalue weighted by atomic mass is 35.5. The summed E-state index contributed by atoms with van der Waals surface area (Å²) in [5.41, 5.74) is 0.348. The minimum atomic E-state index is -0.777. The number of esters is 1. The average molecular weight is 400 g/mol. The molecule has 2 rings (SSSR count). The van der Waals surface area contributed by atoms with Crippen LogP contribution in [0.3, 0.4) is 0 Å². The van der Waals surface area contributed by atoms with E-state index in [0.29, 0.717) is 18.8 Å². The maximum Gasteiger partial charge on any atom is 0.307 e. The van der Waals surface area contributed by atoms with Gasteiger partial charge in [0.2, 0.25) is 11.8 Å². The summed E-state index contributed by atoms with van der Waals surface area (Å²) in [6.07, 6.45) is -0.131. The molecule has 1 atom stereocenters. The number of nitrogens with zero attached hydrogens (tertiary/aromatic N) is 1. The molecule has 1 aromatic rings. The molecular weight excluding hydrogens is 377 g/mol. The molecule has 1 heterocycles. The Morgan fingerprint density at radius 3 is 2.85 bits per heavy atom.